The van der Waals surface area contributed by atoms with E-state index in [2.05, 4.69) is 5.32 Å². The van der Waals surface area contributed by atoms with E-state index in [-0.39, 0.29) is 29.0 Å². The molecule has 2 heterocycles. The van der Waals surface area contributed by atoms with Crippen molar-refractivity contribution < 1.29 is 18.0 Å². The van der Waals surface area contributed by atoms with Crippen LogP contribution in [0.25, 0.3) is 0 Å². The standard InChI is InChI=1S/C19H27N3O4S2/c1-19(2,3)20-17(23)12-22-15-11-14(7-8-16(15)27-13-18(22)24)28(25,26)21-9-5-4-6-10-21/h7-8,11H,4-6,9-10,12-13H2,1-3H3,(H,20,23). The fourth-order valence-electron chi connectivity index (χ4n) is 3.37. The molecule has 1 aromatic rings. The van der Waals surface area contributed by atoms with Gasteiger partial charge in [0.1, 0.15) is 6.54 Å². The molecule has 0 unspecified atom stereocenters. The summed E-state index contributed by atoms with van der Waals surface area (Å²) in [5, 5.41) is 2.85. The maximum Gasteiger partial charge on any atom is 0.243 e. The minimum Gasteiger partial charge on any atom is -0.350 e. The lowest BCUT2D eigenvalue weighted by Gasteiger charge is -2.31. The molecule has 2 aliphatic rings. The number of hydrogen-bond acceptors (Lipinski definition) is 5. The number of sulfonamides is 1. The Morgan fingerprint density at radius 1 is 1.18 bits per heavy atom. The summed E-state index contributed by atoms with van der Waals surface area (Å²) in [6.07, 6.45) is 2.76. The monoisotopic (exact) mass is 425 g/mol. The average molecular weight is 426 g/mol. The van der Waals surface area contributed by atoms with Crippen LogP contribution in [0.15, 0.2) is 28.0 Å². The molecule has 0 saturated carbocycles. The van der Waals surface area contributed by atoms with E-state index < -0.39 is 15.6 Å². The van der Waals surface area contributed by atoms with E-state index in [0.29, 0.717) is 18.8 Å². The Labute approximate surface area is 170 Å². The van der Waals surface area contributed by atoms with Crippen LogP contribution < -0.4 is 10.2 Å². The lowest BCUT2D eigenvalue weighted by molar-refractivity contribution is -0.124. The quantitative estimate of drug-likeness (QED) is 0.799. The lowest BCUT2D eigenvalue weighted by atomic mass is 10.1. The van der Waals surface area contributed by atoms with Crippen molar-refractivity contribution >= 4 is 39.3 Å². The first-order valence-corrected chi connectivity index (χ1v) is 11.9. The maximum atomic E-state index is 13.0. The SMILES string of the molecule is CC(C)(C)NC(=O)CN1C(=O)CSc2ccc(S(=O)(=O)N3CCCCC3)cc21. The number of piperidine rings is 1. The normalized spacial score (nSPS) is 18.7. The third kappa shape index (κ3) is 4.69. The van der Waals surface area contributed by atoms with Gasteiger partial charge < -0.3 is 10.2 Å². The van der Waals surface area contributed by atoms with Crippen LogP contribution in [0.1, 0.15) is 40.0 Å². The molecule has 1 fully saturated rings. The molecule has 154 valence electrons. The molecule has 9 heteroatoms. The van der Waals surface area contributed by atoms with E-state index in [0.717, 1.165) is 24.2 Å². The van der Waals surface area contributed by atoms with Gasteiger partial charge in [0.2, 0.25) is 21.8 Å². The predicted octanol–water partition coefficient (Wildman–Crippen LogP) is 2.21. The number of amides is 2. The smallest absolute Gasteiger partial charge is 0.243 e. The zero-order valence-electron chi connectivity index (χ0n) is 16.5. The zero-order valence-corrected chi connectivity index (χ0v) is 18.2. The number of benzene rings is 1. The van der Waals surface area contributed by atoms with Gasteiger partial charge >= 0.3 is 0 Å². The van der Waals surface area contributed by atoms with Crippen LogP contribution in [0.2, 0.25) is 0 Å². The predicted molar refractivity (Wildman–Crippen MR) is 110 cm³/mol. The molecule has 0 spiro atoms. The van der Waals surface area contributed by atoms with Crippen LogP contribution in [0.5, 0.6) is 0 Å². The number of carbonyl (C=O) groups is 2. The molecule has 3 rings (SSSR count). The molecule has 2 amide bonds. The van der Waals surface area contributed by atoms with Crippen molar-refractivity contribution in [2.45, 2.75) is 55.4 Å². The molecule has 0 aliphatic carbocycles. The molecular formula is C19H27N3O4S2. The Hall–Kier alpha value is -1.58. The fraction of sp³-hybridized carbons (Fsp3) is 0.579. The van der Waals surface area contributed by atoms with Gasteiger partial charge in [-0.15, -0.1) is 11.8 Å². The Bertz CT molecular complexity index is 872. The number of hydrogen-bond donors (Lipinski definition) is 1. The van der Waals surface area contributed by atoms with E-state index >= 15 is 0 Å². The maximum absolute atomic E-state index is 13.0. The molecule has 2 aliphatic heterocycles. The second kappa shape index (κ2) is 8.04. The summed E-state index contributed by atoms with van der Waals surface area (Å²) < 4.78 is 27.5. The van der Waals surface area contributed by atoms with E-state index in [4.69, 9.17) is 0 Å². The van der Waals surface area contributed by atoms with Crippen LogP contribution in [0.4, 0.5) is 5.69 Å². The number of anilines is 1. The molecule has 28 heavy (non-hydrogen) atoms. The van der Waals surface area contributed by atoms with Gasteiger partial charge in [-0.25, -0.2) is 8.42 Å². The van der Waals surface area contributed by atoms with Gasteiger partial charge in [0.05, 0.1) is 16.3 Å². The van der Waals surface area contributed by atoms with Gasteiger partial charge in [0.25, 0.3) is 0 Å². The third-order valence-electron chi connectivity index (χ3n) is 4.64. The van der Waals surface area contributed by atoms with Gasteiger partial charge in [-0.3, -0.25) is 9.59 Å². The van der Waals surface area contributed by atoms with Crippen LogP contribution in [0.3, 0.4) is 0 Å². The second-order valence-corrected chi connectivity index (χ2v) is 11.1. The summed E-state index contributed by atoms with van der Waals surface area (Å²) in [7, 11) is -3.61. The number of thioether (sulfide) groups is 1. The summed E-state index contributed by atoms with van der Waals surface area (Å²) in [4.78, 5) is 27.2. The Morgan fingerprint density at radius 3 is 2.50 bits per heavy atom. The summed E-state index contributed by atoms with van der Waals surface area (Å²) in [6, 6.07) is 4.87. The minimum atomic E-state index is -3.61. The van der Waals surface area contributed by atoms with E-state index in [1.807, 2.05) is 20.8 Å². The molecule has 0 bridgehead atoms. The zero-order chi connectivity index (χ0) is 20.5. The van der Waals surface area contributed by atoms with Gasteiger partial charge in [-0.1, -0.05) is 6.42 Å². The Balaban J connectivity index is 1.90. The van der Waals surface area contributed by atoms with Crippen LogP contribution in [-0.2, 0) is 19.6 Å². The number of carbonyl (C=O) groups excluding carboxylic acids is 2. The van der Waals surface area contributed by atoms with Crippen LogP contribution in [0, 0.1) is 0 Å². The fourth-order valence-corrected chi connectivity index (χ4v) is 5.83. The van der Waals surface area contributed by atoms with Crippen molar-refractivity contribution in [3.05, 3.63) is 18.2 Å². The number of nitrogens with one attached hydrogen (secondary N) is 1. The first-order valence-electron chi connectivity index (χ1n) is 9.46. The summed E-state index contributed by atoms with van der Waals surface area (Å²) in [6.45, 7) is 6.52. The summed E-state index contributed by atoms with van der Waals surface area (Å²) >= 11 is 1.36. The third-order valence-corrected chi connectivity index (χ3v) is 7.58. The van der Waals surface area contributed by atoms with Crippen molar-refractivity contribution in [2.75, 3.05) is 30.3 Å². The number of fused-ring (bicyclic) bond motifs is 1. The summed E-state index contributed by atoms with van der Waals surface area (Å²) in [5.41, 5.74) is 0.0795. The van der Waals surface area contributed by atoms with Gasteiger partial charge in [-0.05, 0) is 51.8 Å². The van der Waals surface area contributed by atoms with Crippen molar-refractivity contribution in [1.29, 1.82) is 0 Å². The molecule has 0 radical (unpaired) electrons. The topological polar surface area (TPSA) is 86.8 Å². The Morgan fingerprint density at radius 2 is 1.86 bits per heavy atom. The molecular weight excluding hydrogens is 398 g/mol. The number of nitrogens with zero attached hydrogens (tertiary/aromatic N) is 2. The van der Waals surface area contributed by atoms with Gasteiger partial charge in [0.15, 0.2) is 0 Å². The van der Waals surface area contributed by atoms with Crippen LogP contribution >= 0.6 is 11.8 Å². The average Bonchev–Trinajstić information content (AvgIpc) is 2.63. The van der Waals surface area contributed by atoms with Crippen molar-refractivity contribution in [3.8, 4) is 0 Å². The largest absolute Gasteiger partial charge is 0.350 e. The summed E-state index contributed by atoms with van der Waals surface area (Å²) in [5.74, 6) is -0.245. The second-order valence-electron chi connectivity index (χ2n) is 8.16. The van der Waals surface area contributed by atoms with Crippen molar-refractivity contribution in [2.24, 2.45) is 0 Å². The van der Waals surface area contributed by atoms with E-state index in [9.17, 15) is 18.0 Å². The molecule has 0 atom stereocenters. The number of rotatable bonds is 4. The molecule has 0 aromatic heterocycles. The van der Waals surface area contributed by atoms with E-state index in [1.165, 1.54) is 27.0 Å². The highest BCUT2D eigenvalue weighted by atomic mass is 32.2. The lowest BCUT2D eigenvalue weighted by Crippen LogP contribution is -2.48. The molecule has 1 aromatic carbocycles. The van der Waals surface area contributed by atoms with Gasteiger partial charge in [0, 0.05) is 23.5 Å². The minimum absolute atomic E-state index is 0.128. The van der Waals surface area contributed by atoms with Gasteiger partial charge in [-0.2, -0.15) is 4.31 Å². The highest BCUT2D eigenvalue weighted by molar-refractivity contribution is 8.00. The molecule has 1 saturated heterocycles. The molecule has 1 N–H and O–H groups in total. The van der Waals surface area contributed by atoms with E-state index in [1.54, 1.807) is 12.1 Å². The first kappa shape index (κ1) is 21.1. The first-order chi connectivity index (χ1) is 13.1. The Kier molecular flexibility index (Phi) is 6.07. The highest BCUT2D eigenvalue weighted by Gasteiger charge is 2.31. The van der Waals surface area contributed by atoms with Crippen molar-refractivity contribution in [3.63, 3.8) is 0 Å². The highest BCUT2D eigenvalue weighted by Crippen LogP contribution is 2.37. The van der Waals surface area contributed by atoms with Crippen molar-refractivity contribution in [1.82, 2.24) is 9.62 Å². The van der Waals surface area contributed by atoms with Crippen LogP contribution in [-0.4, -0.2) is 55.5 Å². The molecule has 7 nitrogen and oxygen atoms in total.